The van der Waals surface area contributed by atoms with Gasteiger partial charge in [0, 0.05) is 11.8 Å². The lowest BCUT2D eigenvalue weighted by Gasteiger charge is -2.09. The van der Waals surface area contributed by atoms with Crippen molar-refractivity contribution in [3.63, 3.8) is 0 Å². The van der Waals surface area contributed by atoms with Crippen molar-refractivity contribution in [3.8, 4) is 11.3 Å². The summed E-state index contributed by atoms with van der Waals surface area (Å²) in [5, 5.41) is 0. The van der Waals surface area contributed by atoms with Crippen LogP contribution < -0.4 is 0 Å². The summed E-state index contributed by atoms with van der Waals surface area (Å²) in [6.07, 6.45) is -3.03. The average Bonchev–Trinajstić information content (AvgIpc) is 2.28. The number of halogens is 4. The molecule has 1 heterocycles. The molecular formula is C13H9F4N. The molecule has 0 amide bonds. The zero-order valence-corrected chi connectivity index (χ0v) is 9.42. The zero-order chi connectivity index (χ0) is 13.3. The smallest absolute Gasteiger partial charge is 0.253 e. The Hall–Kier alpha value is -1.91. The monoisotopic (exact) mass is 255 g/mol. The van der Waals surface area contributed by atoms with E-state index in [1.165, 1.54) is 24.4 Å². The number of aryl methyl sites for hydroxylation is 1. The maximum atomic E-state index is 13.6. The van der Waals surface area contributed by atoms with Gasteiger partial charge in [-0.1, -0.05) is 12.1 Å². The lowest BCUT2D eigenvalue weighted by Crippen LogP contribution is -2.04. The highest BCUT2D eigenvalue weighted by Crippen LogP contribution is 2.32. The highest BCUT2D eigenvalue weighted by Gasteiger charge is 2.30. The standard InChI is InChI=1S/C13H9F4N/c1-8-5-11(14)12(18-7-8)9-3-2-4-10(6-9)13(15,16)17/h2-7H,1H3. The van der Waals surface area contributed by atoms with E-state index in [4.69, 9.17) is 0 Å². The number of benzene rings is 1. The van der Waals surface area contributed by atoms with Crippen LogP contribution in [0.5, 0.6) is 0 Å². The summed E-state index contributed by atoms with van der Waals surface area (Å²) in [6.45, 7) is 1.66. The third-order valence-corrected chi connectivity index (χ3v) is 2.44. The van der Waals surface area contributed by atoms with Gasteiger partial charge >= 0.3 is 6.18 Å². The van der Waals surface area contributed by atoms with Gasteiger partial charge in [-0.15, -0.1) is 0 Å². The Labute approximate surface area is 101 Å². The first kappa shape index (κ1) is 12.5. The fraction of sp³-hybridized carbons (Fsp3) is 0.154. The number of alkyl halides is 3. The van der Waals surface area contributed by atoms with Gasteiger partial charge in [-0.2, -0.15) is 13.2 Å². The fourth-order valence-electron chi connectivity index (χ4n) is 1.59. The molecular weight excluding hydrogens is 246 g/mol. The van der Waals surface area contributed by atoms with Crippen molar-refractivity contribution in [2.45, 2.75) is 13.1 Å². The van der Waals surface area contributed by atoms with Crippen molar-refractivity contribution >= 4 is 0 Å². The van der Waals surface area contributed by atoms with Crippen molar-refractivity contribution in [1.82, 2.24) is 4.98 Å². The minimum absolute atomic E-state index is 0.0771. The Balaban J connectivity index is 2.51. The first-order chi connectivity index (χ1) is 8.38. The van der Waals surface area contributed by atoms with Crippen LogP contribution in [0.3, 0.4) is 0 Å². The number of nitrogens with zero attached hydrogens (tertiary/aromatic N) is 1. The SMILES string of the molecule is Cc1cnc(-c2cccc(C(F)(F)F)c2)c(F)c1. The van der Waals surface area contributed by atoms with E-state index >= 15 is 0 Å². The predicted molar refractivity (Wildman–Crippen MR) is 59.4 cm³/mol. The van der Waals surface area contributed by atoms with Crippen LogP contribution in [0.15, 0.2) is 36.5 Å². The molecule has 0 atom stereocenters. The van der Waals surface area contributed by atoms with Gasteiger partial charge in [0.2, 0.25) is 0 Å². The molecule has 0 N–H and O–H groups in total. The van der Waals surface area contributed by atoms with Gasteiger partial charge in [-0.05, 0) is 30.7 Å². The Morgan fingerprint density at radius 1 is 1.11 bits per heavy atom. The fourth-order valence-corrected chi connectivity index (χ4v) is 1.59. The Bertz CT molecular complexity index is 575. The van der Waals surface area contributed by atoms with Crippen molar-refractivity contribution < 1.29 is 17.6 Å². The van der Waals surface area contributed by atoms with Crippen LogP contribution in [-0.4, -0.2) is 4.98 Å². The number of hydrogen-bond donors (Lipinski definition) is 0. The van der Waals surface area contributed by atoms with E-state index in [1.807, 2.05) is 0 Å². The molecule has 1 aromatic heterocycles. The summed E-state index contributed by atoms with van der Waals surface area (Å²) in [5.41, 5.74) is -0.168. The molecule has 5 heteroatoms. The van der Waals surface area contributed by atoms with Gasteiger partial charge < -0.3 is 0 Å². The van der Waals surface area contributed by atoms with E-state index in [9.17, 15) is 17.6 Å². The quantitative estimate of drug-likeness (QED) is 0.695. The van der Waals surface area contributed by atoms with Gasteiger partial charge in [-0.3, -0.25) is 4.98 Å². The van der Waals surface area contributed by atoms with E-state index < -0.39 is 17.6 Å². The molecule has 2 aromatic rings. The van der Waals surface area contributed by atoms with Crippen LogP contribution in [0.4, 0.5) is 17.6 Å². The maximum Gasteiger partial charge on any atom is 0.416 e. The molecule has 0 fully saturated rings. The molecule has 0 spiro atoms. The van der Waals surface area contributed by atoms with Gasteiger partial charge in [0.15, 0.2) is 0 Å². The van der Waals surface area contributed by atoms with E-state index in [1.54, 1.807) is 6.92 Å². The molecule has 0 saturated carbocycles. The molecule has 1 aromatic carbocycles. The molecule has 0 bridgehead atoms. The first-order valence-electron chi connectivity index (χ1n) is 5.18. The largest absolute Gasteiger partial charge is 0.416 e. The molecule has 0 aliphatic heterocycles. The minimum atomic E-state index is -4.45. The van der Waals surface area contributed by atoms with Crippen molar-refractivity contribution in [1.29, 1.82) is 0 Å². The normalized spacial score (nSPS) is 11.6. The van der Waals surface area contributed by atoms with Crippen molar-refractivity contribution in [2.75, 3.05) is 0 Å². The summed E-state index contributed by atoms with van der Waals surface area (Å²) in [7, 11) is 0. The van der Waals surface area contributed by atoms with E-state index in [2.05, 4.69) is 4.98 Å². The molecule has 0 saturated heterocycles. The topological polar surface area (TPSA) is 12.9 Å². The van der Waals surface area contributed by atoms with Crippen LogP contribution in [0, 0.1) is 12.7 Å². The molecule has 0 aliphatic rings. The first-order valence-corrected chi connectivity index (χ1v) is 5.18. The highest BCUT2D eigenvalue weighted by atomic mass is 19.4. The van der Waals surface area contributed by atoms with E-state index in [0.717, 1.165) is 12.1 Å². The number of rotatable bonds is 1. The third-order valence-electron chi connectivity index (χ3n) is 2.44. The summed E-state index contributed by atoms with van der Waals surface area (Å²) in [5.74, 6) is -0.630. The van der Waals surface area contributed by atoms with E-state index in [0.29, 0.717) is 5.56 Å². The second-order valence-electron chi connectivity index (χ2n) is 3.92. The molecule has 0 aliphatic carbocycles. The molecule has 18 heavy (non-hydrogen) atoms. The molecule has 94 valence electrons. The maximum absolute atomic E-state index is 13.6. The molecule has 2 rings (SSSR count). The summed E-state index contributed by atoms with van der Waals surface area (Å²) in [4.78, 5) is 3.83. The Kier molecular flexibility index (Phi) is 3.07. The van der Waals surface area contributed by atoms with Gasteiger partial charge in [0.25, 0.3) is 0 Å². The van der Waals surface area contributed by atoms with E-state index in [-0.39, 0.29) is 11.3 Å². The molecule has 0 unspecified atom stereocenters. The summed E-state index contributed by atoms with van der Waals surface area (Å²) < 4.78 is 51.2. The Morgan fingerprint density at radius 2 is 1.83 bits per heavy atom. The van der Waals surface area contributed by atoms with Crippen LogP contribution >= 0.6 is 0 Å². The predicted octanol–water partition coefficient (Wildman–Crippen LogP) is 4.21. The average molecular weight is 255 g/mol. The Morgan fingerprint density at radius 3 is 2.44 bits per heavy atom. The molecule has 0 radical (unpaired) electrons. The number of hydrogen-bond acceptors (Lipinski definition) is 1. The summed E-state index contributed by atoms with van der Waals surface area (Å²) >= 11 is 0. The molecule has 1 nitrogen and oxygen atoms in total. The third kappa shape index (κ3) is 2.50. The second kappa shape index (κ2) is 4.40. The lowest BCUT2D eigenvalue weighted by molar-refractivity contribution is -0.137. The second-order valence-corrected chi connectivity index (χ2v) is 3.92. The van der Waals surface area contributed by atoms with Crippen molar-refractivity contribution in [3.05, 3.63) is 53.5 Å². The number of pyridine rings is 1. The highest BCUT2D eigenvalue weighted by molar-refractivity contribution is 5.61. The van der Waals surface area contributed by atoms with Crippen LogP contribution in [0.2, 0.25) is 0 Å². The van der Waals surface area contributed by atoms with Crippen LogP contribution in [-0.2, 0) is 6.18 Å². The van der Waals surface area contributed by atoms with Gasteiger partial charge in [0.1, 0.15) is 11.5 Å². The minimum Gasteiger partial charge on any atom is -0.253 e. The number of aromatic nitrogens is 1. The van der Waals surface area contributed by atoms with Crippen LogP contribution in [0.1, 0.15) is 11.1 Å². The van der Waals surface area contributed by atoms with Crippen molar-refractivity contribution in [2.24, 2.45) is 0 Å². The van der Waals surface area contributed by atoms with Gasteiger partial charge in [-0.25, -0.2) is 4.39 Å². The zero-order valence-electron chi connectivity index (χ0n) is 9.42. The van der Waals surface area contributed by atoms with Crippen LogP contribution in [0.25, 0.3) is 11.3 Å². The van der Waals surface area contributed by atoms with Gasteiger partial charge in [0.05, 0.1) is 5.56 Å². The lowest BCUT2D eigenvalue weighted by atomic mass is 10.1. The summed E-state index contributed by atoms with van der Waals surface area (Å²) in [6, 6.07) is 5.70.